The van der Waals surface area contributed by atoms with E-state index in [9.17, 15) is 17.6 Å². The fraction of sp³-hybridized carbons (Fsp3) is 0.444. The minimum atomic E-state index is -4.80. The highest BCUT2D eigenvalue weighted by molar-refractivity contribution is 6.32. The summed E-state index contributed by atoms with van der Waals surface area (Å²) < 4.78 is 48.9. The van der Waals surface area contributed by atoms with E-state index in [1.165, 1.54) is 6.92 Å². The molecule has 0 amide bonds. The molecular weight excluding hydrogens is 209 g/mol. The minimum Gasteiger partial charge on any atom is -0.246 e. The van der Waals surface area contributed by atoms with Gasteiger partial charge in [0.05, 0.1) is 0 Å². The molecule has 82 valence electrons. The maximum Gasteiger partial charge on any atom is 0.436 e. The number of hydrogen-bond donors (Lipinski definition) is 0. The van der Waals surface area contributed by atoms with Crippen molar-refractivity contribution in [3.8, 4) is 0 Å². The van der Waals surface area contributed by atoms with Gasteiger partial charge < -0.3 is 0 Å². The van der Waals surface area contributed by atoms with Crippen LogP contribution in [0.5, 0.6) is 0 Å². The quantitative estimate of drug-likeness (QED) is 0.482. The van der Waals surface area contributed by atoms with Crippen LogP contribution in [0.2, 0.25) is 0 Å². The largest absolute Gasteiger partial charge is 0.436 e. The van der Waals surface area contributed by atoms with Crippen molar-refractivity contribution in [2.24, 2.45) is 0 Å². The summed E-state index contributed by atoms with van der Waals surface area (Å²) in [5.41, 5.74) is -2.07. The van der Waals surface area contributed by atoms with Crippen molar-refractivity contribution in [1.82, 2.24) is 4.98 Å². The van der Waals surface area contributed by atoms with Crippen LogP contribution in [0.25, 0.3) is 0 Å². The Hall–Kier alpha value is -1.07. The van der Waals surface area contributed by atoms with E-state index in [1.54, 1.807) is 0 Å². The summed E-state index contributed by atoms with van der Waals surface area (Å²) in [5.74, 6) is -1.52. The number of hydrogen-bond acceptors (Lipinski definition) is 1. The average Bonchev–Trinajstić information content (AvgIpc) is 2.13. The van der Waals surface area contributed by atoms with Crippen LogP contribution in [0.4, 0.5) is 17.6 Å². The van der Waals surface area contributed by atoms with Crippen LogP contribution in [0.1, 0.15) is 25.2 Å². The first-order valence-electron chi connectivity index (χ1n) is 4.32. The van der Waals surface area contributed by atoms with Crippen LogP contribution < -0.4 is 5.46 Å². The van der Waals surface area contributed by atoms with Crippen LogP contribution in [-0.4, -0.2) is 12.8 Å². The first kappa shape index (κ1) is 13.9. The smallest absolute Gasteiger partial charge is 0.246 e. The zero-order valence-corrected chi connectivity index (χ0v) is 8.61. The number of rotatable bonds is 0. The molecule has 0 aromatic carbocycles. The maximum atomic E-state index is 12.8. The molecule has 0 bridgehead atoms. The SMILES string of the molecule is CC.[B]c1cc(C)nc(C(F)(F)F)c1F. The Morgan fingerprint density at radius 2 is 1.73 bits per heavy atom. The number of halogens is 4. The van der Waals surface area contributed by atoms with Crippen LogP contribution in [0, 0.1) is 12.7 Å². The van der Waals surface area contributed by atoms with Gasteiger partial charge >= 0.3 is 6.18 Å². The summed E-state index contributed by atoms with van der Waals surface area (Å²) in [7, 11) is 5.00. The van der Waals surface area contributed by atoms with E-state index < -0.39 is 23.2 Å². The highest BCUT2D eigenvalue weighted by Crippen LogP contribution is 2.28. The Labute approximate surface area is 86.9 Å². The zero-order valence-electron chi connectivity index (χ0n) is 8.61. The number of pyridine rings is 1. The fourth-order valence-electron chi connectivity index (χ4n) is 0.871. The minimum absolute atomic E-state index is 0.0335. The van der Waals surface area contributed by atoms with Crippen molar-refractivity contribution >= 4 is 13.3 Å². The summed E-state index contributed by atoms with van der Waals surface area (Å²) in [6, 6.07) is 1.05. The molecule has 1 nitrogen and oxygen atoms in total. The van der Waals surface area contributed by atoms with Crippen LogP contribution in [-0.2, 0) is 6.18 Å². The van der Waals surface area contributed by atoms with Crippen LogP contribution in [0.3, 0.4) is 0 Å². The Balaban J connectivity index is 0.000000921. The third-order valence-electron chi connectivity index (χ3n) is 1.38. The first-order valence-corrected chi connectivity index (χ1v) is 4.32. The van der Waals surface area contributed by atoms with Gasteiger partial charge in [-0.1, -0.05) is 19.3 Å². The Morgan fingerprint density at radius 3 is 2.13 bits per heavy atom. The van der Waals surface area contributed by atoms with Crippen LogP contribution >= 0.6 is 0 Å². The number of aryl methyl sites for hydroxylation is 1. The van der Waals surface area contributed by atoms with Crippen molar-refractivity contribution < 1.29 is 17.6 Å². The molecule has 1 heterocycles. The topological polar surface area (TPSA) is 12.9 Å². The van der Waals surface area contributed by atoms with Gasteiger partial charge in [-0.2, -0.15) is 13.2 Å². The molecule has 0 saturated carbocycles. The van der Waals surface area contributed by atoms with Gasteiger partial charge in [-0.3, -0.25) is 0 Å². The second-order valence-corrected chi connectivity index (χ2v) is 2.51. The molecule has 0 aliphatic rings. The van der Waals surface area contributed by atoms with E-state index >= 15 is 0 Å². The molecular formula is C9H10BF4N. The monoisotopic (exact) mass is 219 g/mol. The third-order valence-corrected chi connectivity index (χ3v) is 1.38. The molecule has 1 rings (SSSR count). The molecule has 6 heteroatoms. The fourth-order valence-corrected chi connectivity index (χ4v) is 0.871. The molecule has 1 aromatic heterocycles. The molecule has 0 saturated heterocycles. The van der Waals surface area contributed by atoms with Gasteiger partial charge in [-0.05, 0) is 13.0 Å². The molecule has 1 aromatic rings. The van der Waals surface area contributed by atoms with Gasteiger partial charge in [0.1, 0.15) is 13.7 Å². The van der Waals surface area contributed by atoms with Crippen molar-refractivity contribution in [1.29, 1.82) is 0 Å². The molecule has 0 aliphatic heterocycles. The Morgan fingerprint density at radius 1 is 1.27 bits per heavy atom. The van der Waals surface area contributed by atoms with Gasteiger partial charge in [0, 0.05) is 5.69 Å². The summed E-state index contributed by atoms with van der Waals surface area (Å²) in [6.45, 7) is 5.31. The molecule has 2 radical (unpaired) electrons. The number of alkyl halides is 3. The first-order chi connectivity index (χ1) is 6.82. The molecule has 0 aliphatic carbocycles. The molecule has 0 N–H and O–H groups in total. The highest BCUT2D eigenvalue weighted by atomic mass is 19.4. The third kappa shape index (κ3) is 3.53. The molecule has 15 heavy (non-hydrogen) atoms. The van der Waals surface area contributed by atoms with E-state index in [0.717, 1.165) is 6.07 Å². The Kier molecular flexibility index (Phi) is 4.77. The summed E-state index contributed by atoms with van der Waals surface area (Å²) in [5, 5.41) is 0. The summed E-state index contributed by atoms with van der Waals surface area (Å²) >= 11 is 0. The molecule has 0 unspecified atom stereocenters. The lowest BCUT2D eigenvalue weighted by Gasteiger charge is -2.09. The molecule has 0 atom stereocenters. The van der Waals surface area contributed by atoms with E-state index in [-0.39, 0.29) is 5.69 Å². The predicted molar refractivity (Wildman–Crippen MR) is 50.7 cm³/mol. The van der Waals surface area contributed by atoms with E-state index in [1.807, 2.05) is 13.8 Å². The number of nitrogens with zero attached hydrogens (tertiary/aromatic N) is 1. The standard InChI is InChI=1S/C7H4BF4N.C2H6/c1-3-2-4(8)5(9)6(13-3)7(10,11)12;1-2/h2H,1H3;1-2H3. The van der Waals surface area contributed by atoms with Gasteiger partial charge in [0.25, 0.3) is 0 Å². The number of aromatic nitrogens is 1. The van der Waals surface area contributed by atoms with Crippen molar-refractivity contribution in [3.63, 3.8) is 0 Å². The normalized spacial score (nSPS) is 10.6. The zero-order chi connectivity index (χ0) is 12.2. The molecule has 0 spiro atoms. The van der Waals surface area contributed by atoms with Crippen molar-refractivity contribution in [3.05, 3.63) is 23.3 Å². The predicted octanol–water partition coefficient (Wildman–Crippen LogP) is 2.37. The maximum absolute atomic E-state index is 12.8. The van der Waals surface area contributed by atoms with Crippen molar-refractivity contribution in [2.75, 3.05) is 0 Å². The van der Waals surface area contributed by atoms with Gasteiger partial charge in [-0.15, -0.1) is 0 Å². The van der Waals surface area contributed by atoms with Gasteiger partial charge in [0.2, 0.25) is 0 Å². The molecule has 0 fully saturated rings. The summed E-state index contributed by atoms with van der Waals surface area (Å²) in [4.78, 5) is 3.02. The Bertz CT molecular complexity index is 336. The van der Waals surface area contributed by atoms with E-state index in [0.29, 0.717) is 0 Å². The second-order valence-electron chi connectivity index (χ2n) is 2.51. The lowest BCUT2D eigenvalue weighted by molar-refractivity contribution is -0.143. The van der Waals surface area contributed by atoms with E-state index in [4.69, 9.17) is 7.85 Å². The highest BCUT2D eigenvalue weighted by Gasteiger charge is 2.36. The lowest BCUT2D eigenvalue weighted by atomic mass is 9.94. The lowest BCUT2D eigenvalue weighted by Crippen LogP contribution is -2.20. The summed E-state index contributed by atoms with van der Waals surface area (Å²) in [6.07, 6.45) is -4.80. The second kappa shape index (κ2) is 5.14. The van der Waals surface area contributed by atoms with Crippen LogP contribution in [0.15, 0.2) is 6.07 Å². The van der Waals surface area contributed by atoms with Gasteiger partial charge in [0.15, 0.2) is 5.69 Å². The van der Waals surface area contributed by atoms with E-state index in [2.05, 4.69) is 4.98 Å². The van der Waals surface area contributed by atoms with Gasteiger partial charge in [-0.25, -0.2) is 9.37 Å². The van der Waals surface area contributed by atoms with Crippen molar-refractivity contribution in [2.45, 2.75) is 26.9 Å². The average molecular weight is 219 g/mol.